The van der Waals surface area contributed by atoms with Crippen LogP contribution in [0.3, 0.4) is 0 Å². The number of hydrogen-bond donors (Lipinski definition) is 3. The molecule has 0 aliphatic rings. The topological polar surface area (TPSA) is 95.3 Å². The Kier molecular flexibility index (Phi) is 4.02. The van der Waals surface area contributed by atoms with Crippen LogP contribution in [0.4, 0.5) is 0 Å². The van der Waals surface area contributed by atoms with Crippen molar-refractivity contribution < 1.29 is 19.7 Å². The van der Waals surface area contributed by atoms with Gasteiger partial charge in [0, 0.05) is 34.0 Å². The van der Waals surface area contributed by atoms with Crippen molar-refractivity contribution in [3.8, 4) is 28.4 Å². The first-order valence-electron chi connectivity index (χ1n) is 10.9. The number of aromatic nitrogens is 1. The van der Waals surface area contributed by atoms with Gasteiger partial charge in [0.05, 0.1) is 5.52 Å². The standard InChI is InChI=1S/C28H21NO5/c1-13-8-17(4-5-20(13)30)24-25-19-10-15(3)22(32)12-23(19)34-28(33)27(25)29-7-6-16-11-21(31)14(2)9-18(16)26(24)29/h4-12,30-32H,1-3H3. The molecule has 0 radical (unpaired) electrons. The van der Waals surface area contributed by atoms with Crippen molar-refractivity contribution in [1.82, 2.24) is 4.40 Å². The van der Waals surface area contributed by atoms with Crippen molar-refractivity contribution in [1.29, 1.82) is 0 Å². The predicted octanol–water partition coefficient (Wildman–Crippen LogP) is 6.06. The lowest BCUT2D eigenvalue weighted by Gasteiger charge is -2.10. The molecule has 0 spiro atoms. The van der Waals surface area contributed by atoms with E-state index in [-0.39, 0.29) is 17.2 Å². The van der Waals surface area contributed by atoms with Crippen molar-refractivity contribution >= 4 is 38.2 Å². The lowest BCUT2D eigenvalue weighted by Crippen LogP contribution is -2.02. The second kappa shape index (κ2) is 6.78. The Morgan fingerprint density at radius 1 is 0.735 bits per heavy atom. The fraction of sp³-hybridized carbons (Fsp3) is 0.107. The Bertz CT molecular complexity index is 1890. The van der Waals surface area contributed by atoms with Crippen LogP contribution in [-0.4, -0.2) is 19.7 Å². The van der Waals surface area contributed by atoms with E-state index in [9.17, 15) is 20.1 Å². The van der Waals surface area contributed by atoms with Crippen molar-refractivity contribution in [3.05, 3.63) is 81.8 Å². The highest BCUT2D eigenvalue weighted by molar-refractivity contribution is 6.21. The molecule has 3 heterocycles. The summed E-state index contributed by atoms with van der Waals surface area (Å²) in [6, 6.07) is 14.2. The number of benzene rings is 3. The molecule has 0 aliphatic heterocycles. The second-order valence-electron chi connectivity index (χ2n) is 8.88. The van der Waals surface area contributed by atoms with Crippen LogP contribution in [0.5, 0.6) is 17.2 Å². The van der Waals surface area contributed by atoms with E-state index >= 15 is 0 Å². The Balaban J connectivity index is 1.97. The molecule has 0 unspecified atom stereocenters. The predicted molar refractivity (Wildman–Crippen MR) is 133 cm³/mol. The van der Waals surface area contributed by atoms with Crippen LogP contribution in [-0.2, 0) is 0 Å². The number of aryl methyl sites for hydroxylation is 3. The molecule has 6 nitrogen and oxygen atoms in total. The highest BCUT2D eigenvalue weighted by Crippen LogP contribution is 2.43. The highest BCUT2D eigenvalue weighted by Gasteiger charge is 2.23. The Morgan fingerprint density at radius 3 is 2.15 bits per heavy atom. The number of phenols is 3. The Morgan fingerprint density at radius 2 is 1.41 bits per heavy atom. The summed E-state index contributed by atoms with van der Waals surface area (Å²) in [4.78, 5) is 13.3. The van der Waals surface area contributed by atoms with Crippen LogP contribution in [0.1, 0.15) is 16.7 Å². The van der Waals surface area contributed by atoms with Crippen LogP contribution >= 0.6 is 0 Å². The third kappa shape index (κ3) is 2.65. The maximum atomic E-state index is 13.3. The molecule has 3 N–H and O–H groups in total. The molecule has 34 heavy (non-hydrogen) atoms. The Hall–Kier alpha value is -4.45. The summed E-state index contributed by atoms with van der Waals surface area (Å²) in [5.74, 6) is 0.440. The van der Waals surface area contributed by atoms with Gasteiger partial charge in [0.1, 0.15) is 28.3 Å². The summed E-state index contributed by atoms with van der Waals surface area (Å²) in [5.41, 5.74) is 4.71. The molecule has 168 valence electrons. The first kappa shape index (κ1) is 20.2. The molecule has 0 bridgehead atoms. The maximum Gasteiger partial charge on any atom is 0.361 e. The zero-order valence-electron chi connectivity index (χ0n) is 18.8. The molecule has 0 saturated heterocycles. The molecule has 6 heteroatoms. The van der Waals surface area contributed by atoms with Gasteiger partial charge < -0.3 is 24.1 Å². The highest BCUT2D eigenvalue weighted by atomic mass is 16.4. The zero-order valence-corrected chi connectivity index (χ0v) is 18.8. The molecule has 3 aromatic carbocycles. The molecule has 0 fully saturated rings. The molecule has 6 aromatic rings. The molecular weight excluding hydrogens is 430 g/mol. The largest absolute Gasteiger partial charge is 0.508 e. The number of phenolic OH excluding ortho intramolecular Hbond substituents is 3. The second-order valence-corrected chi connectivity index (χ2v) is 8.88. The summed E-state index contributed by atoms with van der Waals surface area (Å²) < 4.78 is 7.48. The van der Waals surface area contributed by atoms with Gasteiger partial charge in [-0.2, -0.15) is 0 Å². The Labute approximate surface area is 193 Å². The SMILES string of the molecule is Cc1cc(-c2c3c4cc(C)c(O)cc4oc(=O)c3n3ccc4cc(O)c(C)cc4c23)ccc1O. The fourth-order valence-electron chi connectivity index (χ4n) is 4.87. The van der Waals surface area contributed by atoms with Crippen LogP contribution in [0.2, 0.25) is 0 Å². The van der Waals surface area contributed by atoms with Crippen molar-refractivity contribution in [2.24, 2.45) is 0 Å². The van der Waals surface area contributed by atoms with Crippen molar-refractivity contribution in [2.45, 2.75) is 20.8 Å². The lowest BCUT2D eigenvalue weighted by atomic mass is 9.96. The van der Waals surface area contributed by atoms with Crippen LogP contribution < -0.4 is 5.63 Å². The first-order chi connectivity index (χ1) is 16.2. The third-order valence-corrected chi connectivity index (χ3v) is 6.68. The van der Waals surface area contributed by atoms with Crippen LogP contribution in [0, 0.1) is 20.8 Å². The smallest absolute Gasteiger partial charge is 0.361 e. The maximum absolute atomic E-state index is 13.3. The number of hydrogen-bond acceptors (Lipinski definition) is 5. The van der Waals surface area contributed by atoms with Crippen LogP contribution in [0.25, 0.3) is 49.3 Å². The van der Waals surface area contributed by atoms with E-state index in [1.54, 1.807) is 19.1 Å². The molecule has 0 amide bonds. The lowest BCUT2D eigenvalue weighted by molar-refractivity contribution is 0.469. The van der Waals surface area contributed by atoms with Gasteiger partial charge in [-0.05, 0) is 84.8 Å². The summed E-state index contributed by atoms with van der Waals surface area (Å²) in [5, 5.41) is 33.8. The summed E-state index contributed by atoms with van der Waals surface area (Å²) in [6.45, 7) is 5.46. The monoisotopic (exact) mass is 451 g/mol. The van der Waals surface area contributed by atoms with Gasteiger partial charge in [0.25, 0.3) is 0 Å². The molecule has 0 saturated carbocycles. The van der Waals surface area contributed by atoms with Gasteiger partial charge in [-0.15, -0.1) is 0 Å². The molecular formula is C28H21NO5. The van der Waals surface area contributed by atoms with Gasteiger partial charge in [-0.3, -0.25) is 0 Å². The minimum atomic E-state index is -0.516. The first-order valence-corrected chi connectivity index (χ1v) is 10.9. The quantitative estimate of drug-likeness (QED) is 0.264. The normalized spacial score (nSPS) is 11.9. The van der Waals surface area contributed by atoms with Crippen molar-refractivity contribution in [2.75, 3.05) is 0 Å². The third-order valence-electron chi connectivity index (χ3n) is 6.68. The van der Waals surface area contributed by atoms with E-state index in [0.717, 1.165) is 33.0 Å². The fourth-order valence-corrected chi connectivity index (χ4v) is 4.87. The number of pyridine rings is 1. The van der Waals surface area contributed by atoms with E-state index in [1.807, 2.05) is 54.8 Å². The van der Waals surface area contributed by atoms with Gasteiger partial charge in [-0.1, -0.05) is 6.07 Å². The average molecular weight is 451 g/mol. The number of aromatic hydroxyl groups is 3. The van der Waals surface area contributed by atoms with E-state index < -0.39 is 5.63 Å². The van der Waals surface area contributed by atoms with E-state index in [2.05, 4.69) is 0 Å². The molecule has 0 aliphatic carbocycles. The number of fused-ring (bicyclic) bond motifs is 7. The summed E-state index contributed by atoms with van der Waals surface area (Å²) >= 11 is 0. The summed E-state index contributed by atoms with van der Waals surface area (Å²) in [6.07, 6.45) is 1.81. The van der Waals surface area contributed by atoms with E-state index in [1.165, 1.54) is 6.07 Å². The van der Waals surface area contributed by atoms with Gasteiger partial charge >= 0.3 is 5.63 Å². The van der Waals surface area contributed by atoms with Gasteiger partial charge in [0.15, 0.2) is 0 Å². The zero-order chi connectivity index (χ0) is 23.9. The number of nitrogens with zero attached hydrogens (tertiary/aromatic N) is 1. The van der Waals surface area contributed by atoms with E-state index in [4.69, 9.17) is 4.42 Å². The number of rotatable bonds is 1. The van der Waals surface area contributed by atoms with Gasteiger partial charge in [-0.25, -0.2) is 4.79 Å². The summed E-state index contributed by atoms with van der Waals surface area (Å²) in [7, 11) is 0. The van der Waals surface area contributed by atoms with Gasteiger partial charge in [0.2, 0.25) is 0 Å². The minimum absolute atomic E-state index is 0.0531. The molecule has 6 rings (SSSR count). The minimum Gasteiger partial charge on any atom is -0.508 e. The van der Waals surface area contributed by atoms with Crippen molar-refractivity contribution in [3.63, 3.8) is 0 Å². The molecule has 3 aromatic heterocycles. The van der Waals surface area contributed by atoms with E-state index in [0.29, 0.717) is 33.0 Å². The average Bonchev–Trinajstić information content (AvgIpc) is 3.14. The molecule has 0 atom stereocenters. The van der Waals surface area contributed by atoms with Crippen LogP contribution in [0.15, 0.2) is 63.9 Å².